The number of rotatable bonds is 5. The van der Waals surface area contributed by atoms with Crippen LogP contribution in [0.2, 0.25) is 0 Å². The first-order valence-corrected chi connectivity index (χ1v) is 10.3. The molecule has 1 fully saturated rings. The number of para-hydroxylation sites is 2. The molecule has 0 spiro atoms. The Bertz CT molecular complexity index is 1090. The van der Waals surface area contributed by atoms with Crippen molar-refractivity contribution in [1.29, 1.82) is 0 Å². The van der Waals surface area contributed by atoms with E-state index in [1.165, 1.54) is 6.26 Å². The van der Waals surface area contributed by atoms with Gasteiger partial charge in [0.2, 0.25) is 5.91 Å². The van der Waals surface area contributed by atoms with E-state index in [0.29, 0.717) is 25.9 Å². The van der Waals surface area contributed by atoms with Crippen LogP contribution in [0.3, 0.4) is 0 Å². The molecule has 0 radical (unpaired) electrons. The van der Waals surface area contributed by atoms with Gasteiger partial charge >= 0.3 is 5.69 Å². The highest BCUT2D eigenvalue weighted by atomic mass is 16.3. The molecule has 2 aromatic heterocycles. The summed E-state index contributed by atoms with van der Waals surface area (Å²) in [7, 11) is 0. The molecule has 3 heterocycles. The number of benzene rings is 1. The molecule has 1 aromatic carbocycles. The molecule has 1 aliphatic rings. The lowest BCUT2D eigenvalue weighted by Gasteiger charge is -2.35. The van der Waals surface area contributed by atoms with Gasteiger partial charge in [-0.1, -0.05) is 26.0 Å². The number of likely N-dealkylation sites (tertiary alicyclic amines) is 1. The SMILES string of the molecule is CC(C)[C@H](NC(=O)c1ccco1)C(=O)N1CCC(n2c(=O)[nH]c3ccccc32)CC1. The Morgan fingerprint density at radius 3 is 2.53 bits per heavy atom. The maximum absolute atomic E-state index is 13.1. The Labute approximate surface area is 173 Å². The highest BCUT2D eigenvalue weighted by molar-refractivity contribution is 5.95. The molecule has 8 nitrogen and oxygen atoms in total. The van der Waals surface area contributed by atoms with E-state index in [2.05, 4.69) is 10.3 Å². The minimum Gasteiger partial charge on any atom is -0.459 e. The lowest BCUT2D eigenvalue weighted by atomic mass is 9.99. The average Bonchev–Trinajstić information content (AvgIpc) is 3.38. The van der Waals surface area contributed by atoms with Gasteiger partial charge < -0.3 is 19.6 Å². The molecule has 4 rings (SSSR count). The Kier molecular flexibility index (Phi) is 5.48. The Hall–Kier alpha value is -3.29. The zero-order valence-electron chi connectivity index (χ0n) is 17.1. The van der Waals surface area contributed by atoms with Crippen LogP contribution in [-0.2, 0) is 4.79 Å². The first kappa shape index (κ1) is 20.0. The van der Waals surface area contributed by atoms with E-state index in [9.17, 15) is 14.4 Å². The van der Waals surface area contributed by atoms with Gasteiger partial charge in [0.25, 0.3) is 5.91 Å². The number of nitrogens with one attached hydrogen (secondary N) is 2. The van der Waals surface area contributed by atoms with E-state index in [-0.39, 0.29) is 29.3 Å². The summed E-state index contributed by atoms with van der Waals surface area (Å²) in [5.41, 5.74) is 1.59. The van der Waals surface area contributed by atoms with Crippen molar-refractivity contribution in [2.24, 2.45) is 5.92 Å². The Balaban J connectivity index is 1.44. The number of carbonyl (C=O) groups excluding carboxylic acids is 2. The predicted octanol–water partition coefficient (Wildman–Crippen LogP) is 2.54. The van der Waals surface area contributed by atoms with Crippen LogP contribution in [0.25, 0.3) is 11.0 Å². The second-order valence-electron chi connectivity index (χ2n) is 8.05. The summed E-state index contributed by atoms with van der Waals surface area (Å²) in [6, 6.07) is 10.3. The number of carbonyl (C=O) groups is 2. The lowest BCUT2D eigenvalue weighted by Crippen LogP contribution is -2.53. The minimum absolute atomic E-state index is 0.0351. The second-order valence-corrected chi connectivity index (χ2v) is 8.05. The van der Waals surface area contributed by atoms with Gasteiger partial charge in [0.1, 0.15) is 6.04 Å². The molecule has 158 valence electrons. The molecule has 2 N–H and O–H groups in total. The number of furan rings is 1. The summed E-state index contributed by atoms with van der Waals surface area (Å²) < 4.78 is 6.93. The molecule has 0 unspecified atom stereocenters. The van der Waals surface area contributed by atoms with Gasteiger partial charge in [0.05, 0.1) is 17.3 Å². The number of hydrogen-bond donors (Lipinski definition) is 2. The third kappa shape index (κ3) is 3.77. The number of imidazole rings is 1. The van der Waals surface area contributed by atoms with Crippen molar-refractivity contribution >= 4 is 22.8 Å². The molecule has 0 saturated carbocycles. The van der Waals surface area contributed by atoms with E-state index >= 15 is 0 Å². The van der Waals surface area contributed by atoms with Crippen molar-refractivity contribution < 1.29 is 14.0 Å². The lowest BCUT2D eigenvalue weighted by molar-refractivity contribution is -0.135. The number of piperidine rings is 1. The summed E-state index contributed by atoms with van der Waals surface area (Å²) in [5.74, 6) is -0.377. The van der Waals surface area contributed by atoms with Crippen LogP contribution in [-0.4, -0.2) is 45.4 Å². The topological polar surface area (TPSA) is 100 Å². The first-order valence-electron chi connectivity index (χ1n) is 10.3. The van der Waals surface area contributed by atoms with Crippen molar-refractivity contribution in [3.05, 3.63) is 58.9 Å². The third-order valence-corrected chi connectivity index (χ3v) is 5.73. The van der Waals surface area contributed by atoms with Gasteiger partial charge in [0, 0.05) is 19.1 Å². The fraction of sp³-hybridized carbons (Fsp3) is 0.409. The molecule has 1 aliphatic heterocycles. The minimum atomic E-state index is -0.630. The number of aromatic amines is 1. The van der Waals surface area contributed by atoms with Gasteiger partial charge in [-0.25, -0.2) is 4.79 Å². The number of amides is 2. The van der Waals surface area contributed by atoms with Crippen LogP contribution < -0.4 is 11.0 Å². The fourth-order valence-electron chi connectivity index (χ4n) is 4.11. The third-order valence-electron chi connectivity index (χ3n) is 5.73. The number of aromatic nitrogens is 2. The average molecular weight is 410 g/mol. The van der Waals surface area contributed by atoms with Crippen LogP contribution in [0.1, 0.15) is 43.3 Å². The number of fused-ring (bicyclic) bond motifs is 1. The summed E-state index contributed by atoms with van der Waals surface area (Å²) in [5, 5.41) is 2.80. The molecule has 0 aliphatic carbocycles. The normalized spacial score (nSPS) is 16.2. The molecule has 1 atom stereocenters. The van der Waals surface area contributed by atoms with Gasteiger partial charge in [-0.15, -0.1) is 0 Å². The summed E-state index contributed by atoms with van der Waals surface area (Å²) in [6.07, 6.45) is 2.80. The quantitative estimate of drug-likeness (QED) is 0.675. The number of hydrogen-bond acceptors (Lipinski definition) is 4. The van der Waals surface area contributed by atoms with Gasteiger partial charge in [0.15, 0.2) is 5.76 Å². The standard InChI is InChI=1S/C22H26N4O4/c1-14(2)19(24-20(27)18-8-5-13-30-18)21(28)25-11-9-15(10-12-25)26-17-7-4-3-6-16(17)23-22(26)29/h3-8,13-15,19H,9-12H2,1-2H3,(H,23,29)(H,24,27)/t19-/m0/s1. The Morgan fingerprint density at radius 2 is 1.87 bits per heavy atom. The smallest absolute Gasteiger partial charge is 0.326 e. The van der Waals surface area contributed by atoms with E-state index < -0.39 is 11.9 Å². The molecular formula is C22H26N4O4. The predicted molar refractivity (Wildman–Crippen MR) is 112 cm³/mol. The van der Waals surface area contributed by atoms with Crippen molar-refractivity contribution in [2.75, 3.05) is 13.1 Å². The molecule has 3 aromatic rings. The molecule has 0 bridgehead atoms. The van der Waals surface area contributed by atoms with Gasteiger partial charge in [-0.3, -0.25) is 14.2 Å². The molecule has 2 amide bonds. The van der Waals surface area contributed by atoms with E-state index in [0.717, 1.165) is 11.0 Å². The zero-order chi connectivity index (χ0) is 21.3. The fourth-order valence-corrected chi connectivity index (χ4v) is 4.11. The van der Waals surface area contributed by atoms with Crippen molar-refractivity contribution in [2.45, 2.75) is 38.8 Å². The van der Waals surface area contributed by atoms with Crippen LogP contribution in [0, 0.1) is 5.92 Å². The maximum atomic E-state index is 13.1. The second kappa shape index (κ2) is 8.22. The first-order chi connectivity index (χ1) is 14.5. The summed E-state index contributed by atoms with van der Waals surface area (Å²) in [4.78, 5) is 42.6. The van der Waals surface area contributed by atoms with Crippen LogP contribution in [0.5, 0.6) is 0 Å². The maximum Gasteiger partial charge on any atom is 0.326 e. The van der Waals surface area contributed by atoms with Crippen LogP contribution >= 0.6 is 0 Å². The van der Waals surface area contributed by atoms with E-state index in [1.807, 2.05) is 38.1 Å². The van der Waals surface area contributed by atoms with Crippen molar-refractivity contribution in [1.82, 2.24) is 19.8 Å². The highest BCUT2D eigenvalue weighted by Crippen LogP contribution is 2.25. The molecule has 8 heteroatoms. The highest BCUT2D eigenvalue weighted by Gasteiger charge is 2.32. The summed E-state index contributed by atoms with van der Waals surface area (Å²) in [6.45, 7) is 4.89. The summed E-state index contributed by atoms with van der Waals surface area (Å²) >= 11 is 0. The molecular weight excluding hydrogens is 384 g/mol. The van der Waals surface area contributed by atoms with E-state index in [1.54, 1.807) is 21.6 Å². The van der Waals surface area contributed by atoms with Gasteiger partial charge in [-0.2, -0.15) is 0 Å². The van der Waals surface area contributed by atoms with Gasteiger partial charge in [-0.05, 0) is 43.0 Å². The number of H-pyrrole nitrogens is 1. The van der Waals surface area contributed by atoms with E-state index in [4.69, 9.17) is 4.42 Å². The van der Waals surface area contributed by atoms with Crippen LogP contribution in [0.4, 0.5) is 0 Å². The monoisotopic (exact) mass is 410 g/mol. The molecule has 30 heavy (non-hydrogen) atoms. The Morgan fingerprint density at radius 1 is 1.13 bits per heavy atom. The zero-order valence-corrected chi connectivity index (χ0v) is 17.1. The van der Waals surface area contributed by atoms with Crippen LogP contribution in [0.15, 0.2) is 51.9 Å². The van der Waals surface area contributed by atoms with Crippen molar-refractivity contribution in [3.8, 4) is 0 Å². The van der Waals surface area contributed by atoms with Crippen molar-refractivity contribution in [3.63, 3.8) is 0 Å². The largest absolute Gasteiger partial charge is 0.459 e. The number of nitrogens with zero attached hydrogens (tertiary/aromatic N) is 2. The molecule has 1 saturated heterocycles.